The van der Waals surface area contributed by atoms with Gasteiger partial charge in [-0.1, -0.05) is 32.9 Å². The van der Waals surface area contributed by atoms with E-state index in [1.54, 1.807) is 7.11 Å². The second-order valence-electron chi connectivity index (χ2n) is 4.59. The summed E-state index contributed by atoms with van der Waals surface area (Å²) in [5, 5.41) is 4.07. The molecule has 0 aliphatic carbocycles. The molecule has 0 N–H and O–H groups in total. The molecule has 1 heterocycles. The lowest BCUT2D eigenvalue weighted by atomic mass is 9.90. The first kappa shape index (κ1) is 11.2. The fourth-order valence-corrected chi connectivity index (χ4v) is 1.32. The van der Waals surface area contributed by atoms with Gasteiger partial charge in [-0.3, -0.25) is 0 Å². The Morgan fingerprint density at radius 1 is 1.50 bits per heavy atom. The molecule has 0 aliphatic heterocycles. The molecule has 3 heteroatoms. The standard InChI is InChI=1S/C11H19NO2/c1-8(2)9-6-10(12-14-9)11(3,4)7-13-5/h6,8H,7H2,1-5H3. The zero-order valence-electron chi connectivity index (χ0n) is 9.63. The van der Waals surface area contributed by atoms with Crippen molar-refractivity contribution in [3.8, 4) is 0 Å². The van der Waals surface area contributed by atoms with Gasteiger partial charge in [0.05, 0.1) is 12.3 Å². The molecule has 0 spiro atoms. The molecule has 0 unspecified atom stereocenters. The van der Waals surface area contributed by atoms with Crippen molar-refractivity contribution in [3.05, 3.63) is 17.5 Å². The fourth-order valence-electron chi connectivity index (χ4n) is 1.32. The maximum atomic E-state index is 5.25. The van der Waals surface area contributed by atoms with Crippen LogP contribution in [0, 0.1) is 0 Å². The number of hydrogen-bond donors (Lipinski definition) is 0. The van der Waals surface area contributed by atoms with Crippen molar-refractivity contribution in [2.45, 2.75) is 39.0 Å². The van der Waals surface area contributed by atoms with Gasteiger partial charge in [-0.05, 0) is 0 Å². The van der Waals surface area contributed by atoms with Crippen LogP contribution in [0.2, 0.25) is 0 Å². The Morgan fingerprint density at radius 3 is 2.57 bits per heavy atom. The van der Waals surface area contributed by atoms with Gasteiger partial charge >= 0.3 is 0 Å². The Kier molecular flexibility index (Phi) is 3.32. The molecule has 0 bridgehead atoms. The van der Waals surface area contributed by atoms with Crippen LogP contribution >= 0.6 is 0 Å². The molecule has 80 valence electrons. The molecule has 0 aromatic carbocycles. The molecule has 0 atom stereocenters. The summed E-state index contributed by atoms with van der Waals surface area (Å²) >= 11 is 0. The number of rotatable bonds is 4. The highest BCUT2D eigenvalue weighted by atomic mass is 16.5. The predicted octanol–water partition coefficient (Wildman–Crippen LogP) is 2.72. The number of hydrogen-bond acceptors (Lipinski definition) is 3. The highest BCUT2D eigenvalue weighted by molar-refractivity contribution is 5.17. The Morgan fingerprint density at radius 2 is 2.14 bits per heavy atom. The van der Waals surface area contributed by atoms with Crippen LogP contribution in [-0.2, 0) is 10.2 Å². The third-order valence-corrected chi connectivity index (χ3v) is 2.30. The van der Waals surface area contributed by atoms with E-state index in [2.05, 4.69) is 32.9 Å². The largest absolute Gasteiger partial charge is 0.384 e. The summed E-state index contributed by atoms with van der Waals surface area (Å²) in [6.45, 7) is 9.02. The summed E-state index contributed by atoms with van der Waals surface area (Å²) in [4.78, 5) is 0. The fraction of sp³-hybridized carbons (Fsp3) is 0.727. The summed E-state index contributed by atoms with van der Waals surface area (Å²) < 4.78 is 10.4. The van der Waals surface area contributed by atoms with E-state index in [1.165, 1.54) is 0 Å². The van der Waals surface area contributed by atoms with Gasteiger partial charge in [-0.2, -0.15) is 0 Å². The quantitative estimate of drug-likeness (QED) is 0.744. The van der Waals surface area contributed by atoms with Crippen LogP contribution in [0.15, 0.2) is 10.6 Å². The van der Waals surface area contributed by atoms with Crippen molar-refractivity contribution >= 4 is 0 Å². The zero-order chi connectivity index (χ0) is 10.8. The monoisotopic (exact) mass is 197 g/mol. The average Bonchev–Trinajstić information content (AvgIpc) is 2.51. The average molecular weight is 197 g/mol. The van der Waals surface area contributed by atoms with Gasteiger partial charge in [0.25, 0.3) is 0 Å². The minimum Gasteiger partial charge on any atom is -0.384 e. The van der Waals surface area contributed by atoms with Gasteiger partial charge in [0.15, 0.2) is 0 Å². The van der Waals surface area contributed by atoms with Crippen molar-refractivity contribution in [3.63, 3.8) is 0 Å². The Bertz CT molecular complexity index is 289. The number of nitrogens with zero attached hydrogens (tertiary/aromatic N) is 1. The summed E-state index contributed by atoms with van der Waals surface area (Å²) in [6.07, 6.45) is 0. The van der Waals surface area contributed by atoms with Gasteiger partial charge in [-0.25, -0.2) is 0 Å². The second kappa shape index (κ2) is 4.13. The molecule has 0 saturated carbocycles. The van der Waals surface area contributed by atoms with E-state index in [4.69, 9.17) is 9.26 Å². The van der Waals surface area contributed by atoms with Gasteiger partial charge in [-0.15, -0.1) is 0 Å². The third-order valence-electron chi connectivity index (χ3n) is 2.30. The van der Waals surface area contributed by atoms with E-state index in [0.29, 0.717) is 12.5 Å². The Hall–Kier alpha value is -0.830. The third kappa shape index (κ3) is 2.35. The van der Waals surface area contributed by atoms with E-state index >= 15 is 0 Å². The molecule has 0 amide bonds. The van der Waals surface area contributed by atoms with E-state index in [1.807, 2.05) is 6.07 Å². The molecule has 0 saturated heterocycles. The number of ether oxygens (including phenoxy) is 1. The summed E-state index contributed by atoms with van der Waals surface area (Å²) in [6, 6.07) is 2.02. The van der Waals surface area contributed by atoms with Crippen LogP contribution in [0.25, 0.3) is 0 Å². The molecule has 14 heavy (non-hydrogen) atoms. The van der Waals surface area contributed by atoms with E-state index in [9.17, 15) is 0 Å². The van der Waals surface area contributed by atoms with Gasteiger partial charge < -0.3 is 9.26 Å². The van der Waals surface area contributed by atoms with Crippen molar-refractivity contribution in [1.29, 1.82) is 0 Å². The van der Waals surface area contributed by atoms with Crippen LogP contribution in [0.1, 0.15) is 45.1 Å². The molecular formula is C11H19NO2. The summed E-state index contributed by atoms with van der Waals surface area (Å²) in [5.74, 6) is 1.32. The molecule has 0 radical (unpaired) electrons. The topological polar surface area (TPSA) is 35.3 Å². The summed E-state index contributed by atoms with van der Waals surface area (Å²) in [5.41, 5.74) is 0.883. The molecule has 1 aromatic rings. The van der Waals surface area contributed by atoms with Crippen LogP contribution in [0.3, 0.4) is 0 Å². The number of methoxy groups -OCH3 is 1. The minimum absolute atomic E-state index is 0.0780. The van der Waals surface area contributed by atoms with Crippen molar-refractivity contribution in [1.82, 2.24) is 5.16 Å². The van der Waals surface area contributed by atoms with E-state index in [-0.39, 0.29) is 5.41 Å². The van der Waals surface area contributed by atoms with Gasteiger partial charge in [0.2, 0.25) is 0 Å². The maximum absolute atomic E-state index is 5.25. The lowest BCUT2D eigenvalue weighted by Gasteiger charge is -2.19. The van der Waals surface area contributed by atoms with Crippen LogP contribution < -0.4 is 0 Å². The first-order valence-electron chi connectivity index (χ1n) is 4.93. The Labute approximate surface area is 85.4 Å². The van der Waals surface area contributed by atoms with Crippen LogP contribution in [-0.4, -0.2) is 18.9 Å². The molecule has 0 fully saturated rings. The lowest BCUT2D eigenvalue weighted by Crippen LogP contribution is -2.23. The highest BCUT2D eigenvalue weighted by Crippen LogP contribution is 2.25. The second-order valence-corrected chi connectivity index (χ2v) is 4.59. The van der Waals surface area contributed by atoms with Crippen molar-refractivity contribution < 1.29 is 9.26 Å². The van der Waals surface area contributed by atoms with Crippen molar-refractivity contribution in [2.75, 3.05) is 13.7 Å². The van der Waals surface area contributed by atoms with E-state index in [0.717, 1.165) is 11.5 Å². The van der Waals surface area contributed by atoms with Gasteiger partial charge in [0.1, 0.15) is 5.76 Å². The predicted molar refractivity (Wildman–Crippen MR) is 55.5 cm³/mol. The molecule has 3 nitrogen and oxygen atoms in total. The van der Waals surface area contributed by atoms with E-state index < -0.39 is 0 Å². The number of aromatic nitrogens is 1. The molecule has 1 rings (SSSR count). The lowest BCUT2D eigenvalue weighted by molar-refractivity contribution is 0.142. The minimum atomic E-state index is -0.0780. The SMILES string of the molecule is COCC(C)(C)c1cc(C(C)C)on1. The smallest absolute Gasteiger partial charge is 0.139 e. The molecule has 1 aromatic heterocycles. The van der Waals surface area contributed by atoms with Crippen molar-refractivity contribution in [2.24, 2.45) is 0 Å². The maximum Gasteiger partial charge on any atom is 0.139 e. The van der Waals surface area contributed by atoms with Crippen LogP contribution in [0.4, 0.5) is 0 Å². The normalized spacial score (nSPS) is 12.4. The Balaban J connectivity index is 2.85. The first-order chi connectivity index (χ1) is 6.47. The zero-order valence-corrected chi connectivity index (χ0v) is 9.63. The van der Waals surface area contributed by atoms with Gasteiger partial charge in [0, 0.05) is 24.5 Å². The molecular weight excluding hydrogens is 178 g/mol. The summed E-state index contributed by atoms with van der Waals surface area (Å²) in [7, 11) is 1.70. The first-order valence-corrected chi connectivity index (χ1v) is 4.93. The molecule has 0 aliphatic rings. The van der Waals surface area contributed by atoms with Crippen LogP contribution in [0.5, 0.6) is 0 Å². The highest BCUT2D eigenvalue weighted by Gasteiger charge is 2.25.